The van der Waals surface area contributed by atoms with Crippen molar-refractivity contribution in [3.8, 4) is 5.75 Å². The molecule has 0 radical (unpaired) electrons. The number of carbonyl (C=O) groups is 2. The second-order valence-corrected chi connectivity index (χ2v) is 4.72. The van der Waals surface area contributed by atoms with Crippen molar-refractivity contribution < 1.29 is 19.4 Å². The van der Waals surface area contributed by atoms with E-state index in [1.165, 1.54) is 13.2 Å². The molecule has 1 N–H and O–H groups in total. The van der Waals surface area contributed by atoms with Gasteiger partial charge in [0.2, 0.25) is 0 Å². The van der Waals surface area contributed by atoms with E-state index in [1.807, 2.05) is 4.57 Å². The summed E-state index contributed by atoms with van der Waals surface area (Å²) in [5.41, 5.74) is 1.46. The van der Waals surface area contributed by atoms with Gasteiger partial charge in [-0.2, -0.15) is 0 Å². The molecule has 5 nitrogen and oxygen atoms in total. The van der Waals surface area contributed by atoms with Crippen molar-refractivity contribution >= 4 is 23.2 Å². The predicted molar refractivity (Wildman–Crippen MR) is 69.1 cm³/mol. The van der Waals surface area contributed by atoms with E-state index < -0.39 is 5.97 Å². The number of benzene rings is 1. The van der Waals surface area contributed by atoms with E-state index in [4.69, 9.17) is 9.84 Å². The van der Waals surface area contributed by atoms with Gasteiger partial charge in [0.05, 0.1) is 23.6 Å². The number of methoxy groups -OCH3 is 1. The molecule has 0 amide bonds. The lowest BCUT2D eigenvalue weighted by atomic mass is 10.1. The Bertz CT molecular complexity index is 682. The van der Waals surface area contributed by atoms with E-state index in [2.05, 4.69) is 0 Å². The van der Waals surface area contributed by atoms with E-state index in [0.29, 0.717) is 22.7 Å². The average molecular weight is 259 g/mol. The summed E-state index contributed by atoms with van der Waals surface area (Å²) in [6.07, 6.45) is 4.68. The van der Waals surface area contributed by atoms with Crippen molar-refractivity contribution in [3.05, 3.63) is 29.5 Å². The summed E-state index contributed by atoms with van der Waals surface area (Å²) in [5.74, 6) is -0.576. The van der Waals surface area contributed by atoms with Crippen molar-refractivity contribution in [2.24, 2.45) is 0 Å². The van der Waals surface area contributed by atoms with Gasteiger partial charge in [-0.1, -0.05) is 0 Å². The summed E-state index contributed by atoms with van der Waals surface area (Å²) in [5, 5.41) is 9.83. The third-order valence-corrected chi connectivity index (χ3v) is 3.46. The Morgan fingerprint density at radius 2 is 2.21 bits per heavy atom. The fraction of sp³-hybridized carbons (Fsp3) is 0.286. The van der Waals surface area contributed by atoms with Crippen LogP contribution in [0.5, 0.6) is 5.75 Å². The molecule has 0 spiro atoms. The van der Waals surface area contributed by atoms with E-state index in [9.17, 15) is 9.59 Å². The van der Waals surface area contributed by atoms with Gasteiger partial charge in [0.25, 0.3) is 0 Å². The monoisotopic (exact) mass is 259 g/mol. The molecule has 3 rings (SSSR count). The fourth-order valence-corrected chi connectivity index (χ4v) is 2.41. The molecular formula is C14H13NO4. The first-order valence-electron chi connectivity index (χ1n) is 6.06. The van der Waals surface area contributed by atoms with Crippen LogP contribution < -0.4 is 4.74 Å². The summed E-state index contributed by atoms with van der Waals surface area (Å²) in [4.78, 5) is 22.3. The third-order valence-electron chi connectivity index (χ3n) is 3.46. The van der Waals surface area contributed by atoms with Crippen molar-refractivity contribution in [3.63, 3.8) is 0 Å². The molecule has 1 aliphatic rings. The van der Waals surface area contributed by atoms with Crippen LogP contribution in [-0.4, -0.2) is 29.0 Å². The Labute approximate surface area is 109 Å². The number of aromatic carboxylic acids is 1. The van der Waals surface area contributed by atoms with Crippen molar-refractivity contribution in [1.29, 1.82) is 0 Å². The molecular weight excluding hydrogens is 246 g/mol. The highest BCUT2D eigenvalue weighted by Gasteiger charge is 2.27. The lowest BCUT2D eigenvalue weighted by Crippen LogP contribution is -1.99. The Hall–Kier alpha value is -2.30. The number of hydrogen-bond donors (Lipinski definition) is 1. The van der Waals surface area contributed by atoms with Crippen LogP contribution in [-0.2, 0) is 0 Å². The molecule has 2 aromatic rings. The highest BCUT2D eigenvalue weighted by Crippen LogP contribution is 2.41. The lowest BCUT2D eigenvalue weighted by Gasteiger charge is -2.07. The molecule has 0 atom stereocenters. The van der Waals surface area contributed by atoms with Gasteiger partial charge in [0.15, 0.2) is 6.29 Å². The molecule has 0 bridgehead atoms. The first kappa shape index (κ1) is 11.8. The van der Waals surface area contributed by atoms with Crippen molar-refractivity contribution in [2.75, 3.05) is 7.11 Å². The van der Waals surface area contributed by atoms with E-state index in [1.54, 1.807) is 12.3 Å². The zero-order valence-corrected chi connectivity index (χ0v) is 10.4. The van der Waals surface area contributed by atoms with E-state index >= 15 is 0 Å². The summed E-state index contributed by atoms with van der Waals surface area (Å²) in [7, 11) is 1.48. The quantitative estimate of drug-likeness (QED) is 0.856. The largest absolute Gasteiger partial charge is 0.496 e. The molecule has 1 saturated carbocycles. The molecule has 1 aliphatic carbocycles. The van der Waals surface area contributed by atoms with Gasteiger partial charge in [-0.3, -0.25) is 4.79 Å². The van der Waals surface area contributed by atoms with Crippen molar-refractivity contribution in [1.82, 2.24) is 4.57 Å². The van der Waals surface area contributed by atoms with Crippen LogP contribution in [0.2, 0.25) is 0 Å². The van der Waals surface area contributed by atoms with Gasteiger partial charge in [-0.25, -0.2) is 4.79 Å². The second kappa shape index (κ2) is 4.12. The lowest BCUT2D eigenvalue weighted by molar-refractivity contribution is 0.0696. The highest BCUT2D eigenvalue weighted by atomic mass is 16.5. The number of aldehydes is 1. The number of hydrogen-bond acceptors (Lipinski definition) is 3. The molecule has 1 aromatic heterocycles. The maximum absolute atomic E-state index is 11.2. The van der Waals surface area contributed by atoms with Crippen LogP contribution in [0.4, 0.5) is 0 Å². The molecule has 0 unspecified atom stereocenters. The molecule has 0 saturated heterocycles. The van der Waals surface area contributed by atoms with Crippen LogP contribution in [0.25, 0.3) is 10.9 Å². The topological polar surface area (TPSA) is 68.5 Å². The van der Waals surface area contributed by atoms with Gasteiger partial charge >= 0.3 is 5.97 Å². The molecule has 1 heterocycles. The summed E-state index contributed by atoms with van der Waals surface area (Å²) < 4.78 is 7.22. The molecule has 1 fully saturated rings. The minimum absolute atomic E-state index is 0.168. The van der Waals surface area contributed by atoms with E-state index in [-0.39, 0.29) is 5.56 Å². The van der Waals surface area contributed by atoms with Crippen LogP contribution in [0.1, 0.15) is 39.6 Å². The number of ether oxygens (including phenoxy) is 1. The SMILES string of the molecule is COc1cc(C(=O)O)cc2c1c(C=O)cn2C1CC1. The van der Waals surface area contributed by atoms with Crippen LogP contribution in [0.15, 0.2) is 18.3 Å². The first-order valence-corrected chi connectivity index (χ1v) is 6.06. The van der Waals surface area contributed by atoms with Gasteiger partial charge in [-0.15, -0.1) is 0 Å². The van der Waals surface area contributed by atoms with Gasteiger partial charge < -0.3 is 14.4 Å². The van der Waals surface area contributed by atoms with Crippen LogP contribution in [0.3, 0.4) is 0 Å². The van der Waals surface area contributed by atoms with Gasteiger partial charge in [0, 0.05) is 17.8 Å². The van der Waals surface area contributed by atoms with Crippen LogP contribution in [0, 0.1) is 0 Å². The number of rotatable bonds is 4. The van der Waals surface area contributed by atoms with Crippen LogP contribution >= 0.6 is 0 Å². The first-order chi connectivity index (χ1) is 9.15. The molecule has 1 aromatic carbocycles. The number of carbonyl (C=O) groups excluding carboxylic acids is 1. The average Bonchev–Trinajstić information content (AvgIpc) is 3.18. The Kier molecular flexibility index (Phi) is 2.55. The van der Waals surface area contributed by atoms with Gasteiger partial charge in [0.1, 0.15) is 5.75 Å². The van der Waals surface area contributed by atoms with E-state index in [0.717, 1.165) is 24.6 Å². The number of carboxylic acids is 1. The standard InChI is InChI=1S/C14H13NO4/c1-19-12-5-8(14(17)18)4-11-13(12)9(7-16)6-15(11)10-2-3-10/h4-7,10H,2-3H2,1H3,(H,17,18). The van der Waals surface area contributed by atoms with Gasteiger partial charge in [-0.05, 0) is 25.0 Å². The highest BCUT2D eigenvalue weighted by molar-refractivity contribution is 6.04. The zero-order chi connectivity index (χ0) is 13.6. The second-order valence-electron chi connectivity index (χ2n) is 4.72. The molecule has 98 valence electrons. The predicted octanol–water partition coefficient (Wildman–Crippen LogP) is 2.50. The Balaban J connectivity index is 2.36. The number of carboxylic acid groups (broad SMARTS) is 1. The van der Waals surface area contributed by atoms with Crippen molar-refractivity contribution in [2.45, 2.75) is 18.9 Å². The smallest absolute Gasteiger partial charge is 0.335 e. The number of aromatic nitrogens is 1. The zero-order valence-electron chi connectivity index (χ0n) is 10.4. The Morgan fingerprint density at radius 3 is 2.74 bits per heavy atom. The third kappa shape index (κ3) is 1.78. The molecule has 0 aliphatic heterocycles. The minimum Gasteiger partial charge on any atom is -0.496 e. The minimum atomic E-state index is -1.00. The molecule has 5 heteroatoms. The number of fused-ring (bicyclic) bond motifs is 1. The molecule has 19 heavy (non-hydrogen) atoms. The maximum Gasteiger partial charge on any atom is 0.335 e. The fourth-order valence-electron chi connectivity index (χ4n) is 2.41. The normalized spacial score (nSPS) is 14.6. The maximum atomic E-state index is 11.2. The Morgan fingerprint density at radius 1 is 1.47 bits per heavy atom. The summed E-state index contributed by atoms with van der Waals surface area (Å²) >= 11 is 0. The summed E-state index contributed by atoms with van der Waals surface area (Å²) in [6.45, 7) is 0. The number of nitrogens with zero attached hydrogens (tertiary/aromatic N) is 1. The summed E-state index contributed by atoms with van der Waals surface area (Å²) in [6, 6.07) is 3.42.